The summed E-state index contributed by atoms with van der Waals surface area (Å²) in [7, 11) is 0. The smallest absolute Gasteiger partial charge is 0.354 e. The van der Waals surface area contributed by atoms with Crippen molar-refractivity contribution in [2.45, 2.75) is 20.3 Å². The number of amides is 2. The van der Waals surface area contributed by atoms with Crippen molar-refractivity contribution < 1.29 is 24.2 Å². The summed E-state index contributed by atoms with van der Waals surface area (Å²) in [4.78, 5) is 36.2. The lowest BCUT2D eigenvalue weighted by molar-refractivity contribution is -0.142. The third kappa shape index (κ3) is 4.63. The number of nitrogens with one attached hydrogen (secondary N) is 3. The first kappa shape index (κ1) is 15.5. The third-order valence-electron chi connectivity index (χ3n) is 2.33. The van der Waals surface area contributed by atoms with Crippen LogP contribution in [-0.4, -0.2) is 41.2 Å². The number of hydrogen-bond acceptors (Lipinski definition) is 4. The topological polar surface area (TPSA) is 121 Å². The second-order valence-corrected chi connectivity index (χ2v) is 3.98. The predicted molar refractivity (Wildman–Crippen MR) is 70.8 cm³/mol. The van der Waals surface area contributed by atoms with Gasteiger partial charge in [-0.05, 0) is 19.9 Å². The SMILES string of the molecule is CCOC(=O)CCNC(=O)Nc1cc(C)[nH]c1C(=O)O. The number of aromatic nitrogens is 1. The molecule has 0 atom stereocenters. The molecule has 0 spiro atoms. The number of carbonyl (C=O) groups excluding carboxylic acids is 2. The number of esters is 1. The standard InChI is InChI=1S/C12H17N3O5/c1-3-20-9(16)4-5-13-12(19)15-8-6-7(2)14-10(8)11(17)18/h6,14H,3-5H2,1-2H3,(H,17,18)(H2,13,15,19). The molecule has 1 aromatic heterocycles. The molecule has 0 aromatic carbocycles. The lowest BCUT2D eigenvalue weighted by atomic mass is 10.3. The van der Waals surface area contributed by atoms with Gasteiger partial charge in [0.25, 0.3) is 0 Å². The Balaban J connectivity index is 2.47. The maximum absolute atomic E-state index is 11.6. The Kier molecular flexibility index (Phi) is 5.57. The van der Waals surface area contributed by atoms with Gasteiger partial charge in [0.05, 0.1) is 18.7 Å². The fraction of sp³-hybridized carbons (Fsp3) is 0.417. The van der Waals surface area contributed by atoms with Crippen molar-refractivity contribution >= 4 is 23.7 Å². The Labute approximate surface area is 115 Å². The molecule has 1 aromatic rings. The van der Waals surface area contributed by atoms with E-state index in [-0.39, 0.29) is 31.0 Å². The molecule has 0 aliphatic carbocycles. The first-order chi connectivity index (χ1) is 9.43. The number of aromatic amines is 1. The maximum atomic E-state index is 11.6. The first-order valence-corrected chi connectivity index (χ1v) is 6.07. The van der Waals surface area contributed by atoms with Crippen LogP contribution in [0.1, 0.15) is 29.5 Å². The number of urea groups is 1. The van der Waals surface area contributed by atoms with Gasteiger partial charge >= 0.3 is 18.0 Å². The summed E-state index contributed by atoms with van der Waals surface area (Å²) in [6.45, 7) is 3.77. The van der Waals surface area contributed by atoms with Gasteiger partial charge in [-0.3, -0.25) is 4.79 Å². The van der Waals surface area contributed by atoms with Crippen molar-refractivity contribution in [3.8, 4) is 0 Å². The van der Waals surface area contributed by atoms with Crippen molar-refractivity contribution in [1.29, 1.82) is 0 Å². The second-order valence-electron chi connectivity index (χ2n) is 3.98. The number of aromatic carboxylic acids is 1. The number of aryl methyl sites for hydroxylation is 1. The van der Waals surface area contributed by atoms with Crippen LogP contribution in [0.3, 0.4) is 0 Å². The zero-order valence-electron chi connectivity index (χ0n) is 11.3. The van der Waals surface area contributed by atoms with E-state index in [2.05, 4.69) is 15.6 Å². The monoisotopic (exact) mass is 283 g/mol. The van der Waals surface area contributed by atoms with Gasteiger partial charge in [0.15, 0.2) is 0 Å². The molecular weight excluding hydrogens is 266 g/mol. The molecule has 0 bridgehead atoms. The molecule has 0 aliphatic rings. The van der Waals surface area contributed by atoms with Gasteiger partial charge in [-0.25, -0.2) is 9.59 Å². The van der Waals surface area contributed by atoms with E-state index in [1.54, 1.807) is 13.8 Å². The largest absolute Gasteiger partial charge is 0.477 e. The van der Waals surface area contributed by atoms with Crippen LogP contribution in [0.5, 0.6) is 0 Å². The van der Waals surface area contributed by atoms with Gasteiger partial charge in [-0.15, -0.1) is 0 Å². The summed E-state index contributed by atoms with van der Waals surface area (Å²) in [6, 6.07) is 0.921. The van der Waals surface area contributed by atoms with Crippen molar-refractivity contribution in [2.75, 3.05) is 18.5 Å². The van der Waals surface area contributed by atoms with Gasteiger partial charge in [0.2, 0.25) is 0 Å². The highest BCUT2D eigenvalue weighted by atomic mass is 16.5. The van der Waals surface area contributed by atoms with Crippen LogP contribution in [0.15, 0.2) is 6.07 Å². The average Bonchev–Trinajstić information content (AvgIpc) is 2.70. The van der Waals surface area contributed by atoms with Crippen molar-refractivity contribution in [1.82, 2.24) is 10.3 Å². The highest BCUT2D eigenvalue weighted by molar-refractivity contribution is 5.99. The van der Waals surface area contributed by atoms with Crippen molar-refractivity contribution in [3.05, 3.63) is 17.5 Å². The van der Waals surface area contributed by atoms with Crippen LogP contribution in [0.4, 0.5) is 10.5 Å². The Morgan fingerprint density at radius 1 is 1.40 bits per heavy atom. The lowest BCUT2D eigenvalue weighted by Crippen LogP contribution is -2.31. The molecular formula is C12H17N3O5. The quantitative estimate of drug-likeness (QED) is 0.582. The zero-order chi connectivity index (χ0) is 15.1. The minimum Gasteiger partial charge on any atom is -0.477 e. The molecule has 4 N–H and O–H groups in total. The van der Waals surface area contributed by atoms with Crippen molar-refractivity contribution in [3.63, 3.8) is 0 Å². The van der Waals surface area contributed by atoms with Gasteiger partial charge < -0.3 is 25.5 Å². The average molecular weight is 283 g/mol. The minimum atomic E-state index is -1.17. The predicted octanol–water partition coefficient (Wildman–Crippen LogP) is 1.10. The van der Waals surface area contributed by atoms with E-state index in [0.717, 1.165) is 0 Å². The highest BCUT2D eigenvalue weighted by Crippen LogP contribution is 2.16. The molecule has 0 fully saturated rings. The summed E-state index contributed by atoms with van der Waals surface area (Å²) in [6.07, 6.45) is 0.0548. The third-order valence-corrected chi connectivity index (χ3v) is 2.33. The Bertz CT molecular complexity index is 509. The van der Waals surface area contributed by atoms with E-state index in [9.17, 15) is 14.4 Å². The van der Waals surface area contributed by atoms with E-state index in [1.165, 1.54) is 6.07 Å². The van der Waals surface area contributed by atoms with Gasteiger partial charge in [-0.2, -0.15) is 0 Å². The molecule has 8 nitrogen and oxygen atoms in total. The number of ether oxygens (including phenoxy) is 1. The highest BCUT2D eigenvalue weighted by Gasteiger charge is 2.15. The molecule has 2 amide bonds. The van der Waals surface area contributed by atoms with Crippen LogP contribution in [0.25, 0.3) is 0 Å². The summed E-state index contributed by atoms with van der Waals surface area (Å²) in [5.41, 5.74) is 0.691. The number of hydrogen-bond donors (Lipinski definition) is 4. The number of rotatable bonds is 6. The van der Waals surface area contributed by atoms with Crippen LogP contribution >= 0.6 is 0 Å². The molecule has 8 heteroatoms. The van der Waals surface area contributed by atoms with Crippen LogP contribution in [0.2, 0.25) is 0 Å². The Morgan fingerprint density at radius 3 is 2.70 bits per heavy atom. The zero-order valence-corrected chi connectivity index (χ0v) is 11.3. The van der Waals surface area contributed by atoms with Crippen LogP contribution < -0.4 is 10.6 Å². The molecule has 20 heavy (non-hydrogen) atoms. The summed E-state index contributed by atoms with van der Waals surface area (Å²) >= 11 is 0. The molecule has 0 saturated carbocycles. The van der Waals surface area contributed by atoms with Crippen LogP contribution in [-0.2, 0) is 9.53 Å². The van der Waals surface area contributed by atoms with Crippen molar-refractivity contribution in [2.24, 2.45) is 0 Å². The molecule has 0 saturated heterocycles. The first-order valence-electron chi connectivity index (χ1n) is 6.07. The van der Waals surface area contributed by atoms with E-state index >= 15 is 0 Å². The van der Waals surface area contributed by atoms with Gasteiger partial charge in [-0.1, -0.05) is 0 Å². The molecule has 0 unspecified atom stereocenters. The summed E-state index contributed by atoms with van der Waals surface area (Å²) in [5, 5.41) is 13.8. The van der Waals surface area contributed by atoms with Gasteiger partial charge in [0.1, 0.15) is 5.69 Å². The lowest BCUT2D eigenvalue weighted by Gasteiger charge is -2.06. The molecule has 1 heterocycles. The molecule has 1 rings (SSSR count). The van der Waals surface area contributed by atoms with Crippen LogP contribution in [0, 0.1) is 6.92 Å². The Morgan fingerprint density at radius 2 is 2.10 bits per heavy atom. The van der Waals surface area contributed by atoms with E-state index in [0.29, 0.717) is 5.69 Å². The van der Waals surface area contributed by atoms with E-state index in [1.807, 2.05) is 0 Å². The molecule has 0 radical (unpaired) electrons. The maximum Gasteiger partial charge on any atom is 0.354 e. The Hall–Kier alpha value is -2.51. The minimum absolute atomic E-state index is 0.0548. The fourth-order valence-corrected chi connectivity index (χ4v) is 1.53. The number of carboxylic acids is 1. The number of carboxylic acid groups (broad SMARTS) is 1. The fourth-order valence-electron chi connectivity index (χ4n) is 1.53. The summed E-state index contributed by atoms with van der Waals surface area (Å²) in [5.74, 6) is -1.57. The number of anilines is 1. The summed E-state index contributed by atoms with van der Waals surface area (Å²) < 4.78 is 4.70. The molecule has 110 valence electrons. The number of H-pyrrole nitrogens is 1. The normalized spacial score (nSPS) is 9.90. The number of carbonyl (C=O) groups is 3. The van der Waals surface area contributed by atoms with E-state index in [4.69, 9.17) is 9.84 Å². The molecule has 0 aliphatic heterocycles. The van der Waals surface area contributed by atoms with E-state index < -0.39 is 18.0 Å². The second kappa shape index (κ2) is 7.17. The van der Waals surface area contributed by atoms with Gasteiger partial charge in [0, 0.05) is 12.2 Å².